The smallest absolute Gasteiger partial charge is 0.237 e. The highest BCUT2D eigenvalue weighted by Gasteiger charge is 2.56. The van der Waals surface area contributed by atoms with Gasteiger partial charge < -0.3 is 15.7 Å². The predicted molar refractivity (Wildman–Crippen MR) is 101 cm³/mol. The molecule has 5 nitrogen and oxygen atoms in total. The van der Waals surface area contributed by atoms with Gasteiger partial charge in [0.15, 0.2) is 0 Å². The Bertz CT molecular complexity index is 758. The third-order valence-electron chi connectivity index (χ3n) is 5.05. The van der Waals surface area contributed by atoms with Crippen LogP contribution in [0.5, 0.6) is 0 Å². The average Bonchev–Trinajstić information content (AvgIpc) is 3.02. The summed E-state index contributed by atoms with van der Waals surface area (Å²) in [5.74, 6) is -0.00794. The number of halogens is 1. The second-order valence-corrected chi connectivity index (χ2v) is 7.53. The number of hydrogen-bond acceptors (Lipinski definition) is 5. The number of carbonyl (C=O) groups is 1. The summed E-state index contributed by atoms with van der Waals surface area (Å²) in [7, 11) is 0. The number of rotatable bonds is 4. The maximum atomic E-state index is 12.4. The van der Waals surface area contributed by atoms with Crippen molar-refractivity contribution < 1.29 is 9.90 Å². The molecular weight excluding hydrogens is 358 g/mol. The van der Waals surface area contributed by atoms with Crippen LogP contribution in [0.4, 0.5) is 0 Å². The zero-order valence-electron chi connectivity index (χ0n) is 14.0. The maximum absolute atomic E-state index is 12.4. The molecule has 1 saturated carbocycles. The summed E-state index contributed by atoms with van der Waals surface area (Å²) in [6.07, 6.45) is 1.95. The SMILES string of the molecule is Cc1ncsc1-c1ccc(C2(NC(=O)C3CCCN3)CC2O)cc1.Cl. The van der Waals surface area contributed by atoms with Crippen LogP contribution in [0.3, 0.4) is 0 Å². The van der Waals surface area contributed by atoms with E-state index in [1.165, 1.54) is 0 Å². The van der Waals surface area contributed by atoms with Gasteiger partial charge in [0, 0.05) is 6.42 Å². The van der Waals surface area contributed by atoms with Gasteiger partial charge in [-0.25, -0.2) is 4.98 Å². The fraction of sp³-hybridized carbons (Fsp3) is 0.444. The Morgan fingerprint density at radius 3 is 2.64 bits per heavy atom. The van der Waals surface area contributed by atoms with E-state index in [9.17, 15) is 9.90 Å². The summed E-state index contributed by atoms with van der Waals surface area (Å²) < 4.78 is 0. The van der Waals surface area contributed by atoms with E-state index in [2.05, 4.69) is 15.6 Å². The van der Waals surface area contributed by atoms with Crippen LogP contribution in [0.2, 0.25) is 0 Å². The number of amides is 1. The minimum absolute atomic E-state index is 0. The molecule has 2 heterocycles. The van der Waals surface area contributed by atoms with Crippen molar-refractivity contribution in [3.8, 4) is 10.4 Å². The Labute approximate surface area is 157 Å². The summed E-state index contributed by atoms with van der Waals surface area (Å²) in [4.78, 5) is 17.9. The summed E-state index contributed by atoms with van der Waals surface area (Å²) in [5, 5.41) is 16.5. The van der Waals surface area contributed by atoms with Gasteiger partial charge in [-0.15, -0.1) is 23.7 Å². The van der Waals surface area contributed by atoms with E-state index in [4.69, 9.17) is 0 Å². The standard InChI is InChI=1S/C18H21N3O2S.ClH/c1-11-16(24-10-20-11)12-4-6-13(7-5-12)18(9-15(18)22)21-17(23)14-3-2-8-19-14;/h4-7,10,14-15,19,22H,2-3,8-9H2,1H3,(H,21,23);1H. The van der Waals surface area contributed by atoms with Gasteiger partial charge in [0.1, 0.15) is 0 Å². The van der Waals surface area contributed by atoms with Crippen molar-refractivity contribution in [2.75, 3.05) is 6.54 Å². The van der Waals surface area contributed by atoms with Crippen molar-refractivity contribution >= 4 is 29.7 Å². The van der Waals surface area contributed by atoms with Gasteiger partial charge in [-0.1, -0.05) is 24.3 Å². The highest BCUT2D eigenvalue weighted by molar-refractivity contribution is 7.13. The first-order chi connectivity index (χ1) is 11.6. The minimum atomic E-state index is -0.622. The van der Waals surface area contributed by atoms with E-state index in [-0.39, 0.29) is 24.4 Å². The summed E-state index contributed by atoms with van der Waals surface area (Å²) in [6, 6.07) is 7.97. The van der Waals surface area contributed by atoms with E-state index in [1.54, 1.807) is 11.3 Å². The van der Waals surface area contributed by atoms with Crippen LogP contribution in [-0.4, -0.2) is 34.7 Å². The fourth-order valence-electron chi connectivity index (χ4n) is 3.48. The van der Waals surface area contributed by atoms with Gasteiger partial charge in [-0.3, -0.25) is 4.79 Å². The van der Waals surface area contributed by atoms with E-state index in [0.717, 1.165) is 41.1 Å². The van der Waals surface area contributed by atoms with Crippen LogP contribution in [0.1, 0.15) is 30.5 Å². The molecule has 1 aromatic heterocycles. The van der Waals surface area contributed by atoms with Gasteiger partial charge in [-0.05, 0) is 37.4 Å². The van der Waals surface area contributed by atoms with Gasteiger partial charge in [-0.2, -0.15) is 0 Å². The molecule has 3 N–H and O–H groups in total. The maximum Gasteiger partial charge on any atom is 0.237 e. The molecule has 1 aliphatic heterocycles. The van der Waals surface area contributed by atoms with Gasteiger partial charge in [0.2, 0.25) is 5.91 Å². The van der Waals surface area contributed by atoms with E-state index in [0.29, 0.717) is 6.42 Å². The number of aryl methyl sites for hydroxylation is 1. The fourth-order valence-corrected chi connectivity index (χ4v) is 4.29. The molecule has 2 fully saturated rings. The molecule has 2 aromatic rings. The third kappa shape index (κ3) is 3.31. The molecule has 0 radical (unpaired) electrons. The van der Waals surface area contributed by atoms with Gasteiger partial charge in [0.25, 0.3) is 0 Å². The predicted octanol–water partition coefficient (Wildman–Crippen LogP) is 2.37. The molecule has 3 atom stereocenters. The monoisotopic (exact) mass is 379 g/mol. The molecule has 1 aliphatic carbocycles. The average molecular weight is 380 g/mol. The molecule has 7 heteroatoms. The molecule has 2 aliphatic rings. The van der Waals surface area contributed by atoms with Crippen LogP contribution in [0.15, 0.2) is 29.8 Å². The highest BCUT2D eigenvalue weighted by atomic mass is 35.5. The van der Waals surface area contributed by atoms with Crippen molar-refractivity contribution in [3.05, 3.63) is 41.0 Å². The second kappa shape index (κ2) is 7.03. The topological polar surface area (TPSA) is 74.2 Å². The van der Waals surface area contributed by atoms with E-state index < -0.39 is 11.6 Å². The molecule has 1 aromatic carbocycles. The number of aliphatic hydroxyl groups is 1. The Morgan fingerprint density at radius 2 is 2.12 bits per heavy atom. The second-order valence-electron chi connectivity index (χ2n) is 6.67. The molecule has 0 bridgehead atoms. The Hall–Kier alpha value is -1.47. The van der Waals surface area contributed by atoms with E-state index in [1.807, 2.05) is 36.7 Å². The lowest BCUT2D eigenvalue weighted by atomic mass is 10.0. The van der Waals surface area contributed by atoms with Crippen LogP contribution < -0.4 is 10.6 Å². The summed E-state index contributed by atoms with van der Waals surface area (Å²) in [6.45, 7) is 2.89. The lowest BCUT2D eigenvalue weighted by molar-refractivity contribution is -0.124. The molecule has 3 unspecified atom stereocenters. The number of hydrogen-bond donors (Lipinski definition) is 3. The first kappa shape index (κ1) is 18.3. The molecule has 134 valence electrons. The van der Waals surface area contributed by atoms with Crippen LogP contribution in [0.25, 0.3) is 10.4 Å². The molecule has 1 saturated heterocycles. The third-order valence-corrected chi connectivity index (χ3v) is 6.03. The number of carbonyl (C=O) groups excluding carboxylic acids is 1. The molecular formula is C18H22ClN3O2S. The number of nitrogens with one attached hydrogen (secondary N) is 2. The molecule has 0 spiro atoms. The van der Waals surface area contributed by atoms with Crippen molar-refractivity contribution in [2.24, 2.45) is 0 Å². The normalized spacial score (nSPS) is 27.6. The summed E-state index contributed by atoms with van der Waals surface area (Å²) >= 11 is 1.62. The number of benzene rings is 1. The van der Waals surface area contributed by atoms with Gasteiger partial charge >= 0.3 is 0 Å². The first-order valence-corrected chi connectivity index (χ1v) is 9.22. The minimum Gasteiger partial charge on any atom is -0.390 e. The molecule has 25 heavy (non-hydrogen) atoms. The Morgan fingerprint density at radius 1 is 1.40 bits per heavy atom. The zero-order valence-corrected chi connectivity index (χ0v) is 15.6. The zero-order chi connectivity index (χ0) is 16.7. The molecule has 1 amide bonds. The largest absolute Gasteiger partial charge is 0.390 e. The first-order valence-electron chi connectivity index (χ1n) is 8.34. The number of nitrogens with zero attached hydrogens (tertiary/aromatic N) is 1. The number of aliphatic hydroxyl groups excluding tert-OH is 1. The van der Waals surface area contributed by atoms with Crippen molar-refractivity contribution in [2.45, 2.75) is 43.9 Å². The van der Waals surface area contributed by atoms with Crippen molar-refractivity contribution in [1.82, 2.24) is 15.6 Å². The van der Waals surface area contributed by atoms with Gasteiger partial charge in [0.05, 0.1) is 33.8 Å². The summed E-state index contributed by atoms with van der Waals surface area (Å²) in [5.41, 5.74) is 4.33. The Kier molecular flexibility index (Phi) is 5.16. The molecule has 4 rings (SSSR count). The van der Waals surface area contributed by atoms with Crippen LogP contribution in [-0.2, 0) is 10.3 Å². The lowest BCUT2D eigenvalue weighted by Gasteiger charge is -2.21. The highest BCUT2D eigenvalue weighted by Crippen LogP contribution is 2.46. The van der Waals surface area contributed by atoms with Crippen molar-refractivity contribution in [1.29, 1.82) is 0 Å². The number of aromatic nitrogens is 1. The van der Waals surface area contributed by atoms with E-state index >= 15 is 0 Å². The number of thiazole rings is 1. The van der Waals surface area contributed by atoms with Crippen LogP contribution in [0, 0.1) is 6.92 Å². The van der Waals surface area contributed by atoms with Crippen molar-refractivity contribution in [3.63, 3.8) is 0 Å². The lowest BCUT2D eigenvalue weighted by Crippen LogP contribution is -2.46. The quantitative estimate of drug-likeness (QED) is 0.762. The van der Waals surface area contributed by atoms with Crippen LogP contribution >= 0.6 is 23.7 Å². The Balaban J connectivity index is 0.00000182.